The second-order valence-electron chi connectivity index (χ2n) is 7.45. The predicted octanol–water partition coefficient (Wildman–Crippen LogP) is 2.56. The van der Waals surface area contributed by atoms with E-state index in [0.29, 0.717) is 38.0 Å². The zero-order valence-corrected chi connectivity index (χ0v) is 15.2. The van der Waals surface area contributed by atoms with Crippen LogP contribution in [0.1, 0.15) is 60.1 Å². The highest BCUT2D eigenvalue weighted by Gasteiger charge is 2.37. The molecule has 138 valence electrons. The molecule has 2 atom stereocenters. The van der Waals surface area contributed by atoms with Crippen LogP contribution in [0.25, 0.3) is 0 Å². The average Bonchev–Trinajstić information content (AvgIpc) is 3.06. The molecule has 0 spiro atoms. The molecule has 1 saturated heterocycles. The van der Waals surface area contributed by atoms with E-state index >= 15 is 0 Å². The number of carbonyl (C=O) groups excluding carboxylic acids is 1. The smallest absolute Gasteiger partial charge is 0.274 e. The number of aliphatic hydroxyl groups is 1. The van der Waals surface area contributed by atoms with Crippen LogP contribution in [0.5, 0.6) is 0 Å². The van der Waals surface area contributed by atoms with Gasteiger partial charge in [0.2, 0.25) is 0 Å². The van der Waals surface area contributed by atoms with Gasteiger partial charge in [0.1, 0.15) is 0 Å². The molecular weight excluding hydrogens is 330 g/mol. The predicted molar refractivity (Wildman–Crippen MR) is 96.7 cm³/mol. The maximum absolute atomic E-state index is 13.0. The van der Waals surface area contributed by atoms with E-state index in [1.54, 1.807) is 4.90 Å². The van der Waals surface area contributed by atoms with Crippen molar-refractivity contribution in [2.24, 2.45) is 0 Å². The Balaban J connectivity index is 1.50. The minimum absolute atomic E-state index is 0.0566. The summed E-state index contributed by atoms with van der Waals surface area (Å²) < 4.78 is 5.80. The van der Waals surface area contributed by atoms with Crippen LogP contribution in [0.4, 0.5) is 0 Å². The van der Waals surface area contributed by atoms with Crippen molar-refractivity contribution in [3.63, 3.8) is 0 Å². The van der Waals surface area contributed by atoms with Crippen LogP contribution >= 0.6 is 0 Å². The quantitative estimate of drug-likeness (QED) is 0.868. The summed E-state index contributed by atoms with van der Waals surface area (Å²) >= 11 is 0. The maximum atomic E-state index is 13.0. The van der Waals surface area contributed by atoms with Crippen molar-refractivity contribution in [1.82, 2.24) is 15.1 Å². The van der Waals surface area contributed by atoms with E-state index in [9.17, 15) is 9.90 Å². The molecule has 2 aliphatic rings. The lowest BCUT2D eigenvalue weighted by atomic mass is 9.84. The number of likely N-dealkylation sites (tertiary alicyclic amines) is 1. The van der Waals surface area contributed by atoms with Crippen LogP contribution < -0.4 is 0 Å². The normalized spacial score (nSPS) is 25.0. The number of amides is 1. The van der Waals surface area contributed by atoms with Crippen LogP contribution in [0.3, 0.4) is 0 Å². The Kier molecular flexibility index (Phi) is 4.32. The Morgan fingerprint density at radius 1 is 1.27 bits per heavy atom. The molecule has 0 aliphatic carbocycles. The molecule has 4 rings (SSSR count). The third-order valence-electron chi connectivity index (χ3n) is 5.63. The number of aromatic amines is 1. The maximum Gasteiger partial charge on any atom is 0.274 e. The van der Waals surface area contributed by atoms with Gasteiger partial charge in [0.15, 0.2) is 5.69 Å². The van der Waals surface area contributed by atoms with Gasteiger partial charge in [-0.2, -0.15) is 5.10 Å². The Morgan fingerprint density at radius 3 is 2.65 bits per heavy atom. The van der Waals surface area contributed by atoms with Crippen molar-refractivity contribution in [3.8, 4) is 0 Å². The van der Waals surface area contributed by atoms with Gasteiger partial charge in [-0.15, -0.1) is 0 Å². The molecule has 2 aromatic rings. The Morgan fingerprint density at radius 2 is 1.96 bits per heavy atom. The fraction of sp³-hybridized carbons (Fsp3) is 0.500. The molecule has 0 saturated carbocycles. The van der Waals surface area contributed by atoms with Crippen LogP contribution in [0, 0.1) is 0 Å². The van der Waals surface area contributed by atoms with Crippen LogP contribution in [-0.4, -0.2) is 45.3 Å². The molecule has 1 aromatic carbocycles. The van der Waals surface area contributed by atoms with Gasteiger partial charge in [-0.3, -0.25) is 9.89 Å². The SMILES string of the molecule is C[C@@H]1Cc2c(C(=O)N3CCC(O)(c4ccccc4)CC3)n[nH]c2[C@H](C)O1. The highest BCUT2D eigenvalue weighted by Crippen LogP contribution is 2.34. The third kappa shape index (κ3) is 2.93. The van der Waals surface area contributed by atoms with Crippen molar-refractivity contribution in [2.45, 2.75) is 50.9 Å². The van der Waals surface area contributed by atoms with Gasteiger partial charge in [0.05, 0.1) is 23.5 Å². The fourth-order valence-corrected chi connectivity index (χ4v) is 4.12. The Hall–Kier alpha value is -2.18. The standard InChI is InChI=1S/C20H25N3O3/c1-13-12-16-17(14(2)26-13)21-22-18(16)19(24)23-10-8-20(25,9-11-23)15-6-4-3-5-7-15/h3-7,13-14,25H,8-12H2,1-2H3,(H,21,22)/t13-,14+/m1/s1. The van der Waals surface area contributed by atoms with Crippen molar-refractivity contribution >= 4 is 5.91 Å². The molecule has 0 radical (unpaired) electrons. The number of rotatable bonds is 2. The molecular formula is C20H25N3O3. The highest BCUT2D eigenvalue weighted by molar-refractivity contribution is 5.94. The lowest BCUT2D eigenvalue weighted by Crippen LogP contribution is -2.45. The average molecular weight is 355 g/mol. The third-order valence-corrected chi connectivity index (χ3v) is 5.63. The zero-order chi connectivity index (χ0) is 18.3. The zero-order valence-electron chi connectivity index (χ0n) is 15.2. The first-order valence-corrected chi connectivity index (χ1v) is 9.28. The highest BCUT2D eigenvalue weighted by atomic mass is 16.5. The molecule has 2 aliphatic heterocycles. The summed E-state index contributed by atoms with van der Waals surface area (Å²) in [6, 6.07) is 9.71. The molecule has 1 amide bonds. The summed E-state index contributed by atoms with van der Waals surface area (Å²) in [4.78, 5) is 14.8. The number of nitrogens with zero attached hydrogens (tertiary/aromatic N) is 2. The molecule has 1 aromatic heterocycles. The first-order valence-electron chi connectivity index (χ1n) is 9.28. The molecule has 1 fully saturated rings. The minimum atomic E-state index is -0.861. The first-order chi connectivity index (χ1) is 12.5. The second kappa shape index (κ2) is 6.52. The molecule has 6 heteroatoms. The number of benzene rings is 1. The first kappa shape index (κ1) is 17.2. The number of piperidine rings is 1. The van der Waals surface area contributed by atoms with E-state index in [2.05, 4.69) is 10.2 Å². The summed E-state index contributed by atoms with van der Waals surface area (Å²) in [6.45, 7) is 5.03. The summed E-state index contributed by atoms with van der Waals surface area (Å²) in [7, 11) is 0. The monoisotopic (exact) mass is 355 g/mol. The fourth-order valence-electron chi connectivity index (χ4n) is 4.12. The Bertz CT molecular complexity index is 794. The number of ether oxygens (including phenoxy) is 1. The van der Waals surface area contributed by atoms with Gasteiger partial charge in [0.25, 0.3) is 5.91 Å². The number of hydrogen-bond acceptors (Lipinski definition) is 4. The minimum Gasteiger partial charge on any atom is -0.385 e. The van der Waals surface area contributed by atoms with Gasteiger partial charge in [0, 0.05) is 25.1 Å². The van der Waals surface area contributed by atoms with Crippen molar-refractivity contribution in [1.29, 1.82) is 0 Å². The summed E-state index contributed by atoms with van der Waals surface area (Å²) in [5.74, 6) is -0.0566. The number of nitrogens with one attached hydrogen (secondary N) is 1. The molecule has 3 heterocycles. The van der Waals surface area contributed by atoms with Crippen molar-refractivity contribution in [2.75, 3.05) is 13.1 Å². The summed E-state index contributed by atoms with van der Waals surface area (Å²) in [6.07, 6.45) is 1.76. The van der Waals surface area contributed by atoms with E-state index in [1.165, 1.54) is 0 Å². The lowest BCUT2D eigenvalue weighted by Gasteiger charge is -2.38. The molecule has 0 bridgehead atoms. The number of H-pyrrole nitrogens is 1. The molecule has 6 nitrogen and oxygen atoms in total. The largest absolute Gasteiger partial charge is 0.385 e. The number of hydrogen-bond donors (Lipinski definition) is 2. The topological polar surface area (TPSA) is 78.5 Å². The van der Waals surface area contributed by atoms with Gasteiger partial charge >= 0.3 is 0 Å². The van der Waals surface area contributed by atoms with Crippen LogP contribution in [0.15, 0.2) is 30.3 Å². The van der Waals surface area contributed by atoms with Crippen molar-refractivity contribution < 1.29 is 14.6 Å². The van der Waals surface area contributed by atoms with E-state index in [0.717, 1.165) is 16.8 Å². The molecule has 2 N–H and O–H groups in total. The Labute approximate surface area is 153 Å². The lowest BCUT2D eigenvalue weighted by molar-refractivity contribution is -0.0214. The van der Waals surface area contributed by atoms with E-state index < -0.39 is 5.60 Å². The summed E-state index contributed by atoms with van der Waals surface area (Å²) in [5, 5.41) is 18.2. The molecule has 0 unspecified atom stereocenters. The van der Waals surface area contributed by atoms with Gasteiger partial charge in [-0.05, 0) is 32.3 Å². The second-order valence-corrected chi connectivity index (χ2v) is 7.45. The number of carbonyl (C=O) groups is 1. The van der Waals surface area contributed by atoms with Crippen LogP contribution in [-0.2, 0) is 16.8 Å². The van der Waals surface area contributed by atoms with Crippen molar-refractivity contribution in [3.05, 3.63) is 52.8 Å². The number of fused-ring (bicyclic) bond motifs is 1. The van der Waals surface area contributed by atoms with Gasteiger partial charge in [-0.25, -0.2) is 0 Å². The summed E-state index contributed by atoms with van der Waals surface area (Å²) in [5.41, 5.74) is 2.45. The van der Waals surface area contributed by atoms with E-state index in [1.807, 2.05) is 44.2 Å². The van der Waals surface area contributed by atoms with Gasteiger partial charge < -0.3 is 14.7 Å². The van der Waals surface area contributed by atoms with E-state index in [4.69, 9.17) is 4.74 Å². The van der Waals surface area contributed by atoms with Crippen LogP contribution in [0.2, 0.25) is 0 Å². The molecule has 26 heavy (non-hydrogen) atoms. The number of aromatic nitrogens is 2. The van der Waals surface area contributed by atoms with E-state index in [-0.39, 0.29) is 18.1 Å². The van der Waals surface area contributed by atoms with Gasteiger partial charge in [-0.1, -0.05) is 30.3 Å².